The molecule has 0 saturated heterocycles. The first-order valence-corrected chi connectivity index (χ1v) is 6.98. The highest BCUT2D eigenvalue weighted by Gasteiger charge is 2.27. The Morgan fingerprint density at radius 3 is 2.60 bits per heavy atom. The number of carbonyl (C=O) groups is 1. The van der Waals surface area contributed by atoms with Crippen LogP contribution in [0.25, 0.3) is 11.3 Å². The molecule has 1 heterocycles. The van der Waals surface area contributed by atoms with Crippen molar-refractivity contribution in [3.63, 3.8) is 0 Å². The number of methoxy groups -OCH3 is 1. The monoisotopic (exact) mass is 291 g/mol. The zero-order valence-electron chi connectivity index (χ0n) is 11.6. The zero-order chi connectivity index (χ0) is 14.8. The zero-order valence-corrected chi connectivity index (χ0v) is 12.5. The van der Waals surface area contributed by atoms with Crippen LogP contribution in [0.15, 0.2) is 29.6 Å². The lowest BCUT2D eigenvalue weighted by Crippen LogP contribution is -2.38. The van der Waals surface area contributed by atoms with Crippen LogP contribution in [0.4, 0.5) is 10.8 Å². The maximum Gasteiger partial charge on any atom is 0.257 e. The van der Waals surface area contributed by atoms with Crippen LogP contribution in [-0.4, -0.2) is 23.6 Å². The SMILES string of the molecule is COC(C)(C)C(=O)Nc1nc(-c2ccc(N)cc2)cs1. The van der Waals surface area contributed by atoms with Crippen LogP contribution >= 0.6 is 11.3 Å². The Kier molecular flexibility index (Phi) is 4.06. The molecule has 2 rings (SSSR count). The molecule has 0 aliphatic heterocycles. The molecule has 6 heteroatoms. The van der Waals surface area contributed by atoms with E-state index in [0.717, 1.165) is 11.3 Å². The lowest BCUT2D eigenvalue weighted by molar-refractivity contribution is -0.133. The van der Waals surface area contributed by atoms with Crippen LogP contribution in [0.3, 0.4) is 0 Å². The number of nitrogens with one attached hydrogen (secondary N) is 1. The Labute approximate surface area is 121 Å². The second kappa shape index (κ2) is 5.60. The average molecular weight is 291 g/mol. The number of hydrogen-bond donors (Lipinski definition) is 2. The molecule has 0 aliphatic rings. The van der Waals surface area contributed by atoms with E-state index in [0.29, 0.717) is 10.8 Å². The highest BCUT2D eigenvalue weighted by molar-refractivity contribution is 7.14. The molecule has 1 aromatic carbocycles. The lowest BCUT2D eigenvalue weighted by atomic mass is 10.1. The van der Waals surface area contributed by atoms with Crippen molar-refractivity contribution in [2.45, 2.75) is 19.4 Å². The summed E-state index contributed by atoms with van der Waals surface area (Å²) in [5.41, 5.74) is 7.24. The molecular weight excluding hydrogens is 274 g/mol. The Morgan fingerprint density at radius 2 is 2.00 bits per heavy atom. The molecule has 5 nitrogen and oxygen atoms in total. The van der Waals surface area contributed by atoms with Crippen LogP contribution in [0.2, 0.25) is 0 Å². The number of carbonyl (C=O) groups excluding carboxylic acids is 1. The summed E-state index contributed by atoms with van der Waals surface area (Å²) in [7, 11) is 1.50. The van der Waals surface area contributed by atoms with Crippen LogP contribution in [0.5, 0.6) is 0 Å². The van der Waals surface area contributed by atoms with E-state index in [9.17, 15) is 4.79 Å². The second-order valence-electron chi connectivity index (χ2n) is 4.83. The van der Waals surface area contributed by atoms with Gasteiger partial charge in [-0.1, -0.05) is 12.1 Å². The van der Waals surface area contributed by atoms with Gasteiger partial charge in [0, 0.05) is 23.7 Å². The van der Waals surface area contributed by atoms with Crippen molar-refractivity contribution in [3.05, 3.63) is 29.6 Å². The largest absolute Gasteiger partial charge is 0.399 e. The predicted octanol–water partition coefficient (Wildman–Crippen LogP) is 2.76. The first-order valence-electron chi connectivity index (χ1n) is 6.10. The molecule has 1 amide bonds. The molecule has 0 radical (unpaired) electrons. The number of thiazole rings is 1. The van der Waals surface area contributed by atoms with E-state index in [1.54, 1.807) is 13.8 Å². The molecule has 106 valence electrons. The molecule has 0 unspecified atom stereocenters. The topological polar surface area (TPSA) is 77.2 Å². The quantitative estimate of drug-likeness (QED) is 0.849. The number of anilines is 2. The fourth-order valence-electron chi connectivity index (χ4n) is 1.46. The lowest BCUT2D eigenvalue weighted by Gasteiger charge is -2.20. The van der Waals surface area contributed by atoms with Gasteiger partial charge in [0.2, 0.25) is 0 Å². The summed E-state index contributed by atoms with van der Waals surface area (Å²) in [6, 6.07) is 7.44. The normalized spacial score (nSPS) is 11.3. The Morgan fingerprint density at radius 1 is 1.35 bits per heavy atom. The van der Waals surface area contributed by atoms with Crippen molar-refractivity contribution in [2.24, 2.45) is 0 Å². The minimum absolute atomic E-state index is 0.224. The third kappa shape index (κ3) is 3.15. The van der Waals surface area contributed by atoms with E-state index in [2.05, 4.69) is 10.3 Å². The van der Waals surface area contributed by atoms with Crippen molar-refractivity contribution in [1.82, 2.24) is 4.98 Å². The highest BCUT2D eigenvalue weighted by Crippen LogP contribution is 2.26. The number of aromatic nitrogens is 1. The van der Waals surface area contributed by atoms with Gasteiger partial charge in [0.15, 0.2) is 5.13 Å². The fraction of sp³-hybridized carbons (Fsp3) is 0.286. The number of nitrogens with two attached hydrogens (primary N) is 1. The Balaban J connectivity index is 2.14. The number of amides is 1. The van der Waals surface area contributed by atoms with Crippen LogP contribution in [-0.2, 0) is 9.53 Å². The summed E-state index contributed by atoms with van der Waals surface area (Å²) < 4.78 is 5.13. The van der Waals surface area contributed by atoms with Crippen molar-refractivity contribution < 1.29 is 9.53 Å². The maximum absolute atomic E-state index is 12.0. The second-order valence-corrected chi connectivity index (χ2v) is 5.69. The number of nitrogens with zero attached hydrogens (tertiary/aromatic N) is 1. The van der Waals surface area contributed by atoms with Gasteiger partial charge in [0.1, 0.15) is 5.60 Å². The first-order chi connectivity index (χ1) is 9.42. The van der Waals surface area contributed by atoms with Gasteiger partial charge >= 0.3 is 0 Å². The molecular formula is C14H17N3O2S. The van der Waals surface area contributed by atoms with Gasteiger partial charge < -0.3 is 10.5 Å². The number of rotatable bonds is 4. The molecule has 0 bridgehead atoms. The molecule has 3 N–H and O–H groups in total. The van der Waals surface area contributed by atoms with Gasteiger partial charge in [-0.15, -0.1) is 11.3 Å². The molecule has 1 aromatic heterocycles. The van der Waals surface area contributed by atoms with Crippen molar-refractivity contribution >= 4 is 28.1 Å². The molecule has 0 atom stereocenters. The molecule has 0 saturated carbocycles. The summed E-state index contributed by atoms with van der Waals surface area (Å²) in [5, 5.41) is 5.19. The maximum atomic E-state index is 12.0. The van der Waals surface area contributed by atoms with Crippen molar-refractivity contribution in [1.29, 1.82) is 0 Å². The predicted molar refractivity (Wildman–Crippen MR) is 81.7 cm³/mol. The first kappa shape index (κ1) is 14.5. The molecule has 0 fully saturated rings. The van der Waals surface area contributed by atoms with E-state index >= 15 is 0 Å². The summed E-state index contributed by atoms with van der Waals surface area (Å²) >= 11 is 1.37. The number of ether oxygens (including phenoxy) is 1. The van der Waals surface area contributed by atoms with Gasteiger partial charge in [-0.25, -0.2) is 4.98 Å². The average Bonchev–Trinajstić information content (AvgIpc) is 2.88. The number of nitrogen functional groups attached to an aromatic ring is 1. The minimum atomic E-state index is -0.882. The van der Waals surface area contributed by atoms with E-state index in [1.807, 2.05) is 29.6 Å². The van der Waals surface area contributed by atoms with Crippen LogP contribution in [0, 0.1) is 0 Å². The third-order valence-electron chi connectivity index (χ3n) is 2.99. The van der Waals surface area contributed by atoms with Gasteiger partial charge in [-0.3, -0.25) is 10.1 Å². The molecule has 2 aromatic rings. The Bertz CT molecular complexity index is 605. The van der Waals surface area contributed by atoms with Crippen molar-refractivity contribution in [2.75, 3.05) is 18.2 Å². The highest BCUT2D eigenvalue weighted by atomic mass is 32.1. The van der Waals surface area contributed by atoms with E-state index in [4.69, 9.17) is 10.5 Å². The van der Waals surface area contributed by atoms with Crippen LogP contribution in [0.1, 0.15) is 13.8 Å². The molecule has 0 aliphatic carbocycles. The smallest absolute Gasteiger partial charge is 0.257 e. The number of hydrogen-bond acceptors (Lipinski definition) is 5. The summed E-state index contributed by atoms with van der Waals surface area (Å²) in [6.45, 7) is 3.41. The minimum Gasteiger partial charge on any atom is -0.399 e. The molecule has 20 heavy (non-hydrogen) atoms. The molecule has 0 spiro atoms. The summed E-state index contributed by atoms with van der Waals surface area (Å²) in [4.78, 5) is 16.4. The fourth-order valence-corrected chi connectivity index (χ4v) is 2.17. The summed E-state index contributed by atoms with van der Waals surface area (Å²) in [6.07, 6.45) is 0. The van der Waals surface area contributed by atoms with E-state index < -0.39 is 5.60 Å². The standard InChI is InChI=1S/C14H17N3O2S/c1-14(2,19-3)12(18)17-13-16-11(8-20-13)9-4-6-10(15)7-5-9/h4-8H,15H2,1-3H3,(H,16,17,18). The van der Waals surface area contributed by atoms with E-state index in [-0.39, 0.29) is 5.91 Å². The van der Waals surface area contributed by atoms with E-state index in [1.165, 1.54) is 18.4 Å². The van der Waals surface area contributed by atoms with Crippen LogP contribution < -0.4 is 11.1 Å². The van der Waals surface area contributed by atoms with Gasteiger partial charge in [0.05, 0.1) is 5.69 Å². The van der Waals surface area contributed by atoms with Gasteiger partial charge in [-0.05, 0) is 26.0 Å². The number of benzene rings is 1. The van der Waals surface area contributed by atoms with Gasteiger partial charge in [-0.2, -0.15) is 0 Å². The summed E-state index contributed by atoms with van der Waals surface area (Å²) in [5.74, 6) is -0.224. The van der Waals surface area contributed by atoms with Gasteiger partial charge in [0.25, 0.3) is 5.91 Å². The Hall–Kier alpha value is -1.92. The third-order valence-corrected chi connectivity index (χ3v) is 3.75. The van der Waals surface area contributed by atoms with Crippen molar-refractivity contribution in [3.8, 4) is 11.3 Å².